The van der Waals surface area contributed by atoms with Crippen molar-refractivity contribution in [1.29, 1.82) is 0 Å². The normalized spacial score (nSPS) is 13.4. The Balaban J connectivity index is 2.14. The average molecular weight is 234 g/mol. The fourth-order valence-corrected chi connectivity index (χ4v) is 1.63. The highest BCUT2D eigenvalue weighted by Crippen LogP contribution is 2.11. The van der Waals surface area contributed by atoms with E-state index in [4.69, 9.17) is 10.4 Å². The number of nitrogens with two attached hydrogens (primary N) is 1. The summed E-state index contributed by atoms with van der Waals surface area (Å²) in [7, 11) is -0.992. The predicted octanol–water partition coefficient (Wildman–Crippen LogP) is -1.88. The van der Waals surface area contributed by atoms with E-state index in [1.807, 2.05) is 0 Å². The van der Waals surface area contributed by atoms with Crippen molar-refractivity contribution in [2.75, 3.05) is 6.54 Å². The summed E-state index contributed by atoms with van der Waals surface area (Å²) in [6.45, 7) is 0.120. The van der Waals surface area contributed by atoms with Crippen molar-refractivity contribution in [1.82, 2.24) is 5.32 Å². The second kappa shape index (κ2) is 4.56. The molecule has 0 radical (unpaired) electrons. The van der Waals surface area contributed by atoms with E-state index in [0.29, 0.717) is 17.6 Å². The molecule has 1 heterocycles. The molecule has 0 unspecified atom stereocenters. The van der Waals surface area contributed by atoms with Crippen LogP contribution in [0.5, 0.6) is 0 Å². The van der Waals surface area contributed by atoms with Gasteiger partial charge in [0, 0.05) is 5.56 Å². The van der Waals surface area contributed by atoms with Gasteiger partial charge in [-0.2, -0.15) is 0 Å². The summed E-state index contributed by atoms with van der Waals surface area (Å²) >= 11 is 0. The summed E-state index contributed by atoms with van der Waals surface area (Å²) < 4.78 is 5.01. The third-order valence-corrected chi connectivity index (χ3v) is 2.49. The van der Waals surface area contributed by atoms with Crippen LogP contribution in [0.1, 0.15) is 15.9 Å². The van der Waals surface area contributed by atoms with E-state index in [0.717, 1.165) is 5.56 Å². The molecule has 0 aromatic heterocycles. The first-order chi connectivity index (χ1) is 8.08. The molecule has 1 aliphatic heterocycles. The number of amides is 2. The molecule has 0 fully saturated rings. The van der Waals surface area contributed by atoms with Crippen LogP contribution in [0, 0.1) is 0 Å². The van der Waals surface area contributed by atoms with Gasteiger partial charge < -0.3 is 20.7 Å². The van der Waals surface area contributed by atoms with Crippen LogP contribution in [0.4, 0.5) is 0 Å². The molecule has 17 heavy (non-hydrogen) atoms. The van der Waals surface area contributed by atoms with Crippen molar-refractivity contribution in [3.05, 3.63) is 29.3 Å². The summed E-state index contributed by atoms with van der Waals surface area (Å²) in [5.74, 6) is -1.02. The Bertz CT molecular complexity index is 477. The maximum absolute atomic E-state index is 11.6. The minimum Gasteiger partial charge on any atom is -0.423 e. The van der Waals surface area contributed by atoms with Gasteiger partial charge in [0.05, 0.1) is 13.2 Å². The molecule has 0 atom stereocenters. The maximum Gasteiger partial charge on any atom is 0.491 e. The van der Waals surface area contributed by atoms with Gasteiger partial charge in [0.15, 0.2) is 0 Å². The molecule has 7 heteroatoms. The lowest BCUT2D eigenvalue weighted by atomic mass is 9.79. The number of hydrogen-bond donors (Lipinski definition) is 3. The lowest BCUT2D eigenvalue weighted by Crippen LogP contribution is -2.34. The van der Waals surface area contributed by atoms with Gasteiger partial charge in [0.1, 0.15) is 0 Å². The third-order valence-electron chi connectivity index (χ3n) is 2.49. The van der Waals surface area contributed by atoms with E-state index >= 15 is 0 Å². The molecule has 0 saturated heterocycles. The van der Waals surface area contributed by atoms with Gasteiger partial charge in [0.25, 0.3) is 5.91 Å². The topological polar surface area (TPSA) is 102 Å². The zero-order chi connectivity index (χ0) is 12.4. The van der Waals surface area contributed by atoms with Crippen LogP contribution >= 0.6 is 0 Å². The Morgan fingerprint density at radius 2 is 2.29 bits per heavy atom. The standard InChI is InChI=1S/C10H11BN2O4/c12-9(14)4-13-10(15)6-1-2-7-5-17-11(16)8(7)3-6/h1-3,16H,4-5H2,(H2,12,14)(H,13,15). The van der Waals surface area contributed by atoms with Crippen molar-refractivity contribution < 1.29 is 19.3 Å². The second-order valence-corrected chi connectivity index (χ2v) is 3.73. The van der Waals surface area contributed by atoms with E-state index in [9.17, 15) is 14.6 Å². The Morgan fingerprint density at radius 1 is 1.53 bits per heavy atom. The number of primary amides is 1. The molecule has 88 valence electrons. The third kappa shape index (κ3) is 2.46. The molecule has 1 aliphatic rings. The number of carbonyl (C=O) groups excluding carboxylic acids is 2. The molecule has 1 aromatic rings. The predicted molar refractivity (Wildman–Crippen MR) is 60.4 cm³/mol. The number of fused-ring (bicyclic) bond motifs is 1. The van der Waals surface area contributed by atoms with E-state index in [1.54, 1.807) is 18.2 Å². The number of benzene rings is 1. The molecule has 1 aromatic carbocycles. The summed E-state index contributed by atoms with van der Waals surface area (Å²) in [4.78, 5) is 22.1. The molecular formula is C10H11BN2O4. The van der Waals surface area contributed by atoms with Gasteiger partial charge in [-0.25, -0.2) is 0 Å². The van der Waals surface area contributed by atoms with Crippen molar-refractivity contribution in [3.8, 4) is 0 Å². The summed E-state index contributed by atoms with van der Waals surface area (Å²) in [5, 5.41) is 11.8. The molecule has 0 spiro atoms. The van der Waals surface area contributed by atoms with E-state index < -0.39 is 18.9 Å². The largest absolute Gasteiger partial charge is 0.491 e. The molecule has 0 aliphatic carbocycles. The van der Waals surface area contributed by atoms with Gasteiger partial charge in [-0.3, -0.25) is 9.59 Å². The quantitative estimate of drug-likeness (QED) is 0.532. The van der Waals surface area contributed by atoms with E-state index in [-0.39, 0.29) is 6.54 Å². The smallest absolute Gasteiger partial charge is 0.423 e. The summed E-state index contributed by atoms with van der Waals surface area (Å²) in [6, 6.07) is 4.87. The lowest BCUT2D eigenvalue weighted by Gasteiger charge is -2.05. The molecule has 0 saturated carbocycles. The second-order valence-electron chi connectivity index (χ2n) is 3.73. The van der Waals surface area contributed by atoms with E-state index in [2.05, 4.69) is 5.32 Å². The zero-order valence-electron chi connectivity index (χ0n) is 8.97. The SMILES string of the molecule is NC(=O)CNC(=O)c1ccc2c(c1)B(O)OC2. The van der Waals surface area contributed by atoms with Gasteiger partial charge in [-0.05, 0) is 23.2 Å². The first-order valence-electron chi connectivity index (χ1n) is 5.07. The maximum atomic E-state index is 11.6. The van der Waals surface area contributed by atoms with Crippen molar-refractivity contribution in [3.63, 3.8) is 0 Å². The van der Waals surface area contributed by atoms with Crippen LogP contribution in [0.2, 0.25) is 0 Å². The van der Waals surface area contributed by atoms with Gasteiger partial charge in [0.2, 0.25) is 5.91 Å². The Labute approximate surface area is 97.9 Å². The van der Waals surface area contributed by atoms with E-state index in [1.165, 1.54) is 0 Å². The van der Waals surface area contributed by atoms with Gasteiger partial charge in [-0.15, -0.1) is 0 Å². The first kappa shape index (κ1) is 11.6. The fourth-order valence-electron chi connectivity index (χ4n) is 1.63. The highest BCUT2D eigenvalue weighted by molar-refractivity contribution is 6.61. The Morgan fingerprint density at radius 3 is 3.00 bits per heavy atom. The molecular weight excluding hydrogens is 223 g/mol. The Kier molecular flexibility index (Phi) is 3.12. The highest BCUT2D eigenvalue weighted by Gasteiger charge is 2.27. The average Bonchev–Trinajstić information content (AvgIpc) is 2.67. The van der Waals surface area contributed by atoms with Gasteiger partial charge >= 0.3 is 7.12 Å². The minimum absolute atomic E-state index is 0.213. The molecule has 2 amide bonds. The van der Waals surface area contributed by atoms with Crippen molar-refractivity contribution in [2.45, 2.75) is 6.61 Å². The lowest BCUT2D eigenvalue weighted by molar-refractivity contribution is -0.117. The fraction of sp³-hybridized carbons (Fsp3) is 0.200. The Hall–Kier alpha value is -1.86. The summed E-state index contributed by atoms with van der Waals surface area (Å²) in [5.41, 5.74) is 6.70. The molecule has 6 nitrogen and oxygen atoms in total. The first-order valence-corrected chi connectivity index (χ1v) is 5.07. The molecule has 0 bridgehead atoms. The monoisotopic (exact) mass is 234 g/mol. The number of carbonyl (C=O) groups is 2. The molecule has 2 rings (SSSR count). The minimum atomic E-state index is -0.992. The van der Waals surface area contributed by atoms with Crippen molar-refractivity contribution in [2.24, 2.45) is 5.73 Å². The highest BCUT2D eigenvalue weighted by atomic mass is 16.5. The number of nitrogens with one attached hydrogen (secondary N) is 1. The summed E-state index contributed by atoms with van der Waals surface area (Å²) in [6.07, 6.45) is 0. The van der Waals surface area contributed by atoms with Gasteiger partial charge in [-0.1, -0.05) is 6.07 Å². The van der Waals surface area contributed by atoms with Crippen LogP contribution in [0.25, 0.3) is 0 Å². The van der Waals surface area contributed by atoms with Crippen LogP contribution in [-0.2, 0) is 16.1 Å². The van der Waals surface area contributed by atoms with Crippen LogP contribution in [-0.4, -0.2) is 30.5 Å². The van der Waals surface area contributed by atoms with Crippen molar-refractivity contribution >= 4 is 24.4 Å². The van der Waals surface area contributed by atoms with Crippen LogP contribution in [0.15, 0.2) is 18.2 Å². The molecule has 4 N–H and O–H groups in total. The zero-order valence-corrected chi connectivity index (χ0v) is 8.97. The van der Waals surface area contributed by atoms with Crippen LogP contribution < -0.4 is 16.5 Å². The number of hydrogen-bond acceptors (Lipinski definition) is 4. The number of rotatable bonds is 3. The van der Waals surface area contributed by atoms with Crippen LogP contribution in [0.3, 0.4) is 0 Å².